The van der Waals surface area contributed by atoms with Crippen molar-refractivity contribution in [2.75, 3.05) is 11.9 Å². The van der Waals surface area contributed by atoms with Crippen molar-refractivity contribution in [3.05, 3.63) is 41.3 Å². The highest BCUT2D eigenvalue weighted by Gasteiger charge is 2.75. The standard InChI is InChI=1S/C23H25NO5S/c1-5-28-18(25)16-15(14-9-7-6-8-10-14)13-30-17(16)24-19(26)23-12-11-22(4,20(27)29-23)21(23,2)3/h6-10,13H,5,11-12H2,1-4H3,(H,24,26)/t22-,23+/m1/s1. The van der Waals surface area contributed by atoms with E-state index < -0.39 is 28.3 Å². The average Bonchev–Trinajstić information content (AvgIpc) is 3.26. The number of carbonyl (C=O) groups excluding carboxylic acids is 3. The lowest BCUT2D eigenvalue weighted by atomic mass is 9.66. The largest absolute Gasteiger partial charge is 0.462 e. The summed E-state index contributed by atoms with van der Waals surface area (Å²) in [6, 6.07) is 9.48. The Bertz CT molecular complexity index is 1030. The van der Waals surface area contributed by atoms with Crippen LogP contribution in [0.3, 0.4) is 0 Å². The topological polar surface area (TPSA) is 81.7 Å². The molecule has 1 saturated heterocycles. The maximum Gasteiger partial charge on any atom is 0.341 e. The molecule has 7 heteroatoms. The van der Waals surface area contributed by atoms with Gasteiger partial charge < -0.3 is 14.8 Å². The van der Waals surface area contributed by atoms with Crippen molar-refractivity contribution in [3.63, 3.8) is 0 Å². The molecule has 1 aromatic carbocycles. The highest BCUT2D eigenvalue weighted by Crippen LogP contribution is 2.65. The predicted octanol–water partition coefficient (Wildman–Crippen LogP) is 4.65. The van der Waals surface area contributed by atoms with E-state index in [0.717, 1.165) is 5.56 Å². The van der Waals surface area contributed by atoms with Gasteiger partial charge in [0.25, 0.3) is 5.91 Å². The number of esters is 2. The van der Waals surface area contributed by atoms with E-state index in [4.69, 9.17) is 9.47 Å². The molecule has 158 valence electrons. The fraction of sp³-hybridized carbons (Fsp3) is 0.435. The Hall–Kier alpha value is -2.67. The molecule has 0 spiro atoms. The number of hydrogen-bond donors (Lipinski definition) is 1. The zero-order valence-corrected chi connectivity index (χ0v) is 18.4. The van der Waals surface area contributed by atoms with Gasteiger partial charge in [-0.3, -0.25) is 9.59 Å². The van der Waals surface area contributed by atoms with Gasteiger partial charge in [-0.05, 0) is 32.3 Å². The summed E-state index contributed by atoms with van der Waals surface area (Å²) in [4.78, 5) is 38.7. The second-order valence-electron chi connectivity index (χ2n) is 8.57. The third-order valence-corrected chi connectivity index (χ3v) is 7.93. The summed E-state index contributed by atoms with van der Waals surface area (Å²) in [5.74, 6) is -1.23. The second kappa shape index (κ2) is 6.94. The number of benzene rings is 1. The summed E-state index contributed by atoms with van der Waals surface area (Å²) in [5, 5.41) is 5.13. The fourth-order valence-corrected chi connectivity index (χ4v) is 5.59. The Balaban J connectivity index is 1.72. The lowest BCUT2D eigenvalue weighted by Gasteiger charge is -2.35. The van der Waals surface area contributed by atoms with E-state index >= 15 is 0 Å². The van der Waals surface area contributed by atoms with Gasteiger partial charge in [0.05, 0.1) is 12.0 Å². The zero-order valence-electron chi connectivity index (χ0n) is 17.5. The van der Waals surface area contributed by atoms with E-state index in [9.17, 15) is 14.4 Å². The van der Waals surface area contributed by atoms with Crippen LogP contribution < -0.4 is 5.32 Å². The van der Waals surface area contributed by atoms with E-state index in [-0.39, 0.29) is 12.6 Å². The number of ether oxygens (including phenoxy) is 2. The molecule has 2 atom stereocenters. The maximum atomic E-state index is 13.4. The Morgan fingerprint density at radius 1 is 1.17 bits per heavy atom. The zero-order chi connectivity index (χ0) is 21.7. The van der Waals surface area contributed by atoms with Crippen LogP contribution in [-0.4, -0.2) is 30.1 Å². The first-order valence-corrected chi connectivity index (χ1v) is 10.9. The minimum atomic E-state index is -1.25. The van der Waals surface area contributed by atoms with Crippen LogP contribution in [0.5, 0.6) is 0 Å². The summed E-state index contributed by atoms with van der Waals surface area (Å²) >= 11 is 1.26. The van der Waals surface area contributed by atoms with E-state index in [0.29, 0.717) is 29.0 Å². The van der Waals surface area contributed by atoms with Crippen molar-refractivity contribution in [3.8, 4) is 11.1 Å². The number of carbonyl (C=O) groups is 3. The summed E-state index contributed by atoms with van der Waals surface area (Å²) in [6.45, 7) is 7.63. The third-order valence-electron chi connectivity index (χ3n) is 7.03. The summed E-state index contributed by atoms with van der Waals surface area (Å²) in [7, 11) is 0. The van der Waals surface area contributed by atoms with Gasteiger partial charge in [0.15, 0.2) is 5.60 Å². The fourth-order valence-electron chi connectivity index (χ4n) is 4.64. The molecule has 1 aliphatic carbocycles. The monoisotopic (exact) mass is 427 g/mol. The molecule has 2 aromatic rings. The number of fused-ring (bicyclic) bond motifs is 2. The summed E-state index contributed by atoms with van der Waals surface area (Å²) in [5.41, 5.74) is -0.728. The summed E-state index contributed by atoms with van der Waals surface area (Å²) < 4.78 is 10.9. The third kappa shape index (κ3) is 2.64. The van der Waals surface area contributed by atoms with Gasteiger partial charge >= 0.3 is 11.9 Å². The lowest BCUT2D eigenvalue weighted by molar-refractivity contribution is -0.165. The number of thiophene rings is 1. The van der Waals surface area contributed by atoms with Gasteiger partial charge in [0, 0.05) is 16.4 Å². The Labute approximate surface area is 179 Å². The average molecular weight is 428 g/mol. The van der Waals surface area contributed by atoms with Crippen LogP contribution in [0.1, 0.15) is 50.9 Å². The minimum absolute atomic E-state index is 0.225. The SMILES string of the molecule is CCOC(=O)c1c(-c2ccccc2)csc1NC(=O)[C@]12CC[C@](C)(C(=O)O1)C2(C)C. The molecule has 6 nitrogen and oxygen atoms in total. The van der Waals surface area contributed by atoms with Gasteiger partial charge in [-0.1, -0.05) is 44.2 Å². The van der Waals surface area contributed by atoms with Crippen LogP contribution in [0.15, 0.2) is 35.7 Å². The molecule has 2 bridgehead atoms. The number of amides is 1. The molecule has 1 saturated carbocycles. The van der Waals surface area contributed by atoms with Crippen LogP contribution in [0.2, 0.25) is 0 Å². The molecule has 1 aromatic heterocycles. The molecule has 2 aliphatic rings. The van der Waals surface area contributed by atoms with E-state index in [1.165, 1.54) is 11.3 Å². The van der Waals surface area contributed by atoms with Gasteiger partial charge in [-0.15, -0.1) is 11.3 Å². The lowest BCUT2D eigenvalue weighted by Crippen LogP contribution is -2.50. The predicted molar refractivity (Wildman–Crippen MR) is 114 cm³/mol. The van der Waals surface area contributed by atoms with Crippen LogP contribution in [0.4, 0.5) is 5.00 Å². The number of nitrogens with one attached hydrogen (secondary N) is 1. The first kappa shape index (κ1) is 20.6. The molecule has 30 heavy (non-hydrogen) atoms. The molecule has 2 fully saturated rings. The van der Waals surface area contributed by atoms with Crippen LogP contribution in [-0.2, 0) is 19.1 Å². The number of rotatable bonds is 5. The Morgan fingerprint density at radius 2 is 1.87 bits per heavy atom. The Kier molecular flexibility index (Phi) is 4.77. The first-order chi connectivity index (χ1) is 14.2. The maximum absolute atomic E-state index is 13.4. The van der Waals surface area contributed by atoms with Gasteiger partial charge in [0.1, 0.15) is 10.6 Å². The molecule has 0 unspecified atom stereocenters. The normalized spacial score (nSPS) is 26.3. The minimum Gasteiger partial charge on any atom is -0.462 e. The van der Waals surface area contributed by atoms with E-state index in [1.54, 1.807) is 6.92 Å². The van der Waals surface area contributed by atoms with Crippen molar-refractivity contribution >= 4 is 34.2 Å². The first-order valence-electron chi connectivity index (χ1n) is 10.1. The molecule has 1 aliphatic heterocycles. The molecule has 0 radical (unpaired) electrons. The second-order valence-corrected chi connectivity index (χ2v) is 9.45. The van der Waals surface area contributed by atoms with Crippen LogP contribution in [0, 0.1) is 10.8 Å². The Morgan fingerprint density at radius 3 is 2.43 bits per heavy atom. The van der Waals surface area contributed by atoms with Crippen molar-refractivity contribution in [1.82, 2.24) is 0 Å². The molecule has 1 N–H and O–H groups in total. The van der Waals surface area contributed by atoms with Gasteiger partial charge in [0.2, 0.25) is 0 Å². The van der Waals surface area contributed by atoms with Gasteiger partial charge in [-0.25, -0.2) is 4.79 Å². The molecule has 2 heterocycles. The summed E-state index contributed by atoms with van der Waals surface area (Å²) in [6.07, 6.45) is 1.05. The van der Waals surface area contributed by atoms with E-state index in [2.05, 4.69) is 5.32 Å². The van der Waals surface area contributed by atoms with Crippen LogP contribution >= 0.6 is 11.3 Å². The van der Waals surface area contributed by atoms with Crippen LogP contribution in [0.25, 0.3) is 11.1 Å². The van der Waals surface area contributed by atoms with Crippen molar-refractivity contribution in [1.29, 1.82) is 0 Å². The molecule has 4 rings (SSSR count). The highest BCUT2D eigenvalue weighted by atomic mass is 32.1. The quantitative estimate of drug-likeness (QED) is 0.703. The molecular formula is C23H25NO5S. The number of anilines is 1. The molecular weight excluding hydrogens is 402 g/mol. The van der Waals surface area contributed by atoms with Crippen molar-refractivity contribution in [2.24, 2.45) is 10.8 Å². The highest BCUT2D eigenvalue weighted by molar-refractivity contribution is 7.15. The van der Waals surface area contributed by atoms with Crippen molar-refractivity contribution in [2.45, 2.75) is 46.1 Å². The smallest absolute Gasteiger partial charge is 0.341 e. The molecule has 1 amide bonds. The van der Waals surface area contributed by atoms with Crippen molar-refractivity contribution < 1.29 is 23.9 Å². The number of hydrogen-bond acceptors (Lipinski definition) is 6. The van der Waals surface area contributed by atoms with E-state index in [1.807, 2.05) is 56.5 Å². The van der Waals surface area contributed by atoms with Gasteiger partial charge in [-0.2, -0.15) is 0 Å².